The van der Waals surface area contributed by atoms with Gasteiger partial charge in [0.15, 0.2) is 0 Å². The fourth-order valence-corrected chi connectivity index (χ4v) is 11.1. The number of rotatable bonds is 4. The first-order valence-electron chi connectivity index (χ1n) is 36.4. The molecule has 2 saturated heterocycles. The summed E-state index contributed by atoms with van der Waals surface area (Å²) >= 11 is 0. The SMILES string of the molecule is CC.CC.CC.CC.CC.CC.CC.CC.CC.CC.CC.CC.N#CC1CCCC[C@@H]1C#N.N=C1N=C(N)C2CCCC[C@H]12.NC(=O)C1CCCC[C@@H]1C(N)=O.O=C(O)C1CCCC[C@@H]1C(=O)O.O=C1NC(=O)[C@H]2CCCCC12.O=C1OC(=O)[C@H]2CCCCC12. The number of carbonyl (C=O) groups excluding carboxylic acids is 6. The minimum Gasteiger partial charge on any atom is -0.481 e. The molecule has 12 atom stereocenters. The Morgan fingerprint density at radius 1 is 0.407 bits per heavy atom. The van der Waals surface area contributed by atoms with Gasteiger partial charge in [-0.2, -0.15) is 10.5 Å². The van der Waals surface area contributed by atoms with Crippen LogP contribution in [0.1, 0.15) is 320 Å². The highest BCUT2D eigenvalue weighted by Gasteiger charge is 2.45. The molecule has 0 aromatic rings. The first-order valence-corrected chi connectivity index (χ1v) is 36.4. The zero-order chi connectivity index (χ0) is 73.2. The number of carboxylic acid groups (broad SMARTS) is 2. The van der Waals surface area contributed by atoms with Gasteiger partial charge < -0.3 is 32.2 Å². The van der Waals surface area contributed by atoms with Crippen molar-refractivity contribution in [1.29, 1.82) is 15.9 Å². The third-order valence-electron chi connectivity index (χ3n) is 15.0. The van der Waals surface area contributed by atoms with Crippen LogP contribution >= 0.6 is 0 Å². The molecule has 9 rings (SSSR count). The second-order valence-corrected chi connectivity index (χ2v) is 19.2. The monoisotopic (exact) mass is 1300 g/mol. The third-order valence-corrected chi connectivity index (χ3v) is 15.0. The fourth-order valence-electron chi connectivity index (χ4n) is 11.1. The molecule has 0 spiro atoms. The topological polar surface area (TPSA) is 360 Å². The maximum Gasteiger partial charge on any atom is 0.317 e. The maximum atomic E-state index is 11.1. The number of nitrogens with two attached hydrogens (primary N) is 3. The van der Waals surface area contributed by atoms with Crippen LogP contribution in [0.4, 0.5) is 0 Å². The summed E-state index contributed by atoms with van der Waals surface area (Å²) in [6, 6.07) is 4.36. The summed E-state index contributed by atoms with van der Waals surface area (Å²) in [5, 5.41) is 44.5. The predicted octanol–water partition coefficient (Wildman–Crippen LogP) is 17.3. The van der Waals surface area contributed by atoms with Crippen molar-refractivity contribution in [3.63, 3.8) is 0 Å². The number of amidine groups is 2. The summed E-state index contributed by atoms with van der Waals surface area (Å²) in [4.78, 5) is 91.1. The van der Waals surface area contributed by atoms with Crippen molar-refractivity contribution in [3.05, 3.63) is 0 Å². The molecule has 9 aliphatic rings. The number of imide groups is 1. The van der Waals surface area contributed by atoms with Gasteiger partial charge in [-0.15, -0.1) is 0 Å². The predicted molar refractivity (Wildman–Crippen MR) is 377 cm³/mol. The number of aliphatic carboxylic acids is 2. The van der Waals surface area contributed by atoms with E-state index < -0.39 is 35.6 Å². The lowest BCUT2D eigenvalue weighted by molar-refractivity contribution is -0.155. The molecule has 0 aromatic heterocycles. The van der Waals surface area contributed by atoms with Gasteiger partial charge >= 0.3 is 23.9 Å². The van der Waals surface area contributed by atoms with Crippen LogP contribution in [-0.2, 0) is 43.1 Å². The molecule has 6 unspecified atom stereocenters. The Labute approximate surface area is 557 Å². The lowest BCUT2D eigenvalue weighted by Gasteiger charge is -2.26. The van der Waals surface area contributed by atoms with E-state index in [9.17, 15) is 38.4 Å². The minimum absolute atomic E-state index is 0.0104. The quantitative estimate of drug-likeness (QED) is 0.0782. The third kappa shape index (κ3) is 42.2. The highest BCUT2D eigenvalue weighted by atomic mass is 16.6. The lowest BCUT2D eigenvalue weighted by atomic mass is 9.78. The number of ether oxygens (including phenoxy) is 1. The number of hydrogen-bond acceptors (Lipinski definition) is 13. The average Bonchev–Trinajstić information content (AvgIpc) is 1.92. The van der Waals surface area contributed by atoms with Gasteiger partial charge in [0.05, 0.1) is 47.6 Å². The summed E-state index contributed by atoms with van der Waals surface area (Å²) in [6.45, 7) is 48.0. The summed E-state index contributed by atoms with van der Waals surface area (Å²) in [5.74, 6) is -3.52. The Hall–Kier alpha value is -5.72. The van der Waals surface area contributed by atoms with Gasteiger partial charge in [0, 0.05) is 35.5 Å². The van der Waals surface area contributed by atoms with E-state index in [1.807, 2.05) is 166 Å². The molecule has 8 fully saturated rings. The standard InChI is InChI=1S/C8H13N3.C8H14N2O2.C8H10N2.C8H11NO2.C8H12O4.C8H10O3.12C2H6/c9-7-5-3-1-2-4-6(5)8(10)11-7;9-7(11)5-3-1-2-4-6(5)8(10)12;9-5-7-3-1-2-4-8(7)6-10;10-7-5-3-1-2-4-6(5)8(11)9-7;9-7(10)5-3-1-2-4-6(5)8(11)12;9-7-5-3-1-2-4-6(5)8(10)11-7;12*1-2/h5-6H,1-4H2,(H3,9,10,11);5-6H,1-4H2,(H2,9,11)(H2,10,12);7-8H,1-4H2;5-6H,1-4H2,(H,9,10,11);5-6H,1-4H2,(H,9,10)(H,11,12);5-6H,1-4H2;12*1-2H3/t2*5-,6?;7-,8?;3*5-,6?;;;;;;;;;;;;/m001000............/s1. The van der Waals surface area contributed by atoms with Crippen LogP contribution in [0.15, 0.2) is 4.99 Å². The molecule has 536 valence electrons. The second kappa shape index (κ2) is 73.3. The fraction of sp³-hybridized carbons (Fsp3) is 0.833. The van der Waals surface area contributed by atoms with Crippen molar-refractivity contribution in [1.82, 2.24) is 5.32 Å². The van der Waals surface area contributed by atoms with E-state index in [-0.39, 0.29) is 71.1 Å². The first-order chi connectivity index (χ1) is 44.0. The number of carboxylic acids is 2. The van der Waals surface area contributed by atoms with Crippen LogP contribution < -0.4 is 22.5 Å². The molecule has 3 heterocycles. The van der Waals surface area contributed by atoms with E-state index in [0.717, 1.165) is 116 Å². The van der Waals surface area contributed by atoms with Gasteiger partial charge in [0.2, 0.25) is 23.6 Å². The van der Waals surface area contributed by atoms with Crippen LogP contribution in [0, 0.1) is 99.1 Å². The van der Waals surface area contributed by atoms with Gasteiger partial charge in [-0.1, -0.05) is 243 Å². The summed E-state index contributed by atoms with van der Waals surface area (Å²) < 4.78 is 4.53. The number of primary amides is 2. The second-order valence-electron chi connectivity index (χ2n) is 19.2. The van der Waals surface area contributed by atoms with Crippen molar-refractivity contribution in [2.45, 2.75) is 320 Å². The van der Waals surface area contributed by atoms with Crippen molar-refractivity contribution in [2.75, 3.05) is 0 Å². The van der Waals surface area contributed by atoms with E-state index in [0.29, 0.717) is 49.2 Å². The van der Waals surface area contributed by atoms with Crippen LogP contribution in [0.3, 0.4) is 0 Å². The number of hydrogen-bond donors (Lipinski definition) is 7. The number of carbonyl (C=O) groups is 8. The number of esters is 2. The average molecular weight is 1300 g/mol. The zero-order valence-electron chi connectivity index (χ0n) is 62.5. The molecular formula is C72H142N8O11. The molecule has 0 aromatic carbocycles. The minimum atomic E-state index is -0.970. The van der Waals surface area contributed by atoms with Crippen molar-refractivity contribution in [2.24, 2.45) is 93.2 Å². The van der Waals surface area contributed by atoms with Gasteiger partial charge in [-0.25, -0.2) is 4.99 Å². The molecule has 0 radical (unpaired) electrons. The Bertz CT molecular complexity index is 1750. The van der Waals surface area contributed by atoms with Gasteiger partial charge in [-0.05, 0) is 77.0 Å². The highest BCUT2D eigenvalue weighted by molar-refractivity contribution is 6.05. The van der Waals surface area contributed by atoms with Crippen molar-refractivity contribution >= 4 is 59.2 Å². The Morgan fingerprint density at radius 3 is 0.890 bits per heavy atom. The van der Waals surface area contributed by atoms with Gasteiger partial charge in [-0.3, -0.25) is 49.1 Å². The number of nitrogens with zero attached hydrogens (tertiary/aromatic N) is 3. The van der Waals surface area contributed by atoms with Crippen molar-refractivity contribution < 1.29 is 53.3 Å². The summed E-state index contributed by atoms with van der Waals surface area (Å²) in [6.07, 6.45) is 22.7. The van der Waals surface area contributed by atoms with E-state index in [1.165, 1.54) is 12.8 Å². The molecule has 0 bridgehead atoms. The van der Waals surface area contributed by atoms with Crippen molar-refractivity contribution in [3.8, 4) is 12.1 Å². The Morgan fingerprint density at radius 2 is 0.637 bits per heavy atom. The Balaban J connectivity index is -0.000000119. The zero-order valence-corrected chi connectivity index (χ0v) is 62.5. The largest absolute Gasteiger partial charge is 0.481 e. The van der Waals surface area contributed by atoms with Crippen LogP contribution in [0.2, 0.25) is 0 Å². The highest BCUT2D eigenvalue weighted by Crippen LogP contribution is 2.38. The van der Waals surface area contributed by atoms with E-state index in [2.05, 4.69) is 27.2 Å². The number of amides is 4. The van der Waals surface area contributed by atoms with Crippen LogP contribution in [0.5, 0.6) is 0 Å². The number of nitrogens with one attached hydrogen (secondary N) is 2. The van der Waals surface area contributed by atoms with E-state index in [4.69, 9.17) is 43.3 Å². The smallest absolute Gasteiger partial charge is 0.317 e. The summed E-state index contributed by atoms with van der Waals surface area (Å²) in [7, 11) is 0. The van der Waals surface area contributed by atoms with Crippen LogP contribution in [0.25, 0.3) is 0 Å². The summed E-state index contributed by atoms with van der Waals surface area (Å²) in [5.41, 5.74) is 16.0. The number of nitriles is 2. The molecular weight excluding hydrogens is 1150 g/mol. The van der Waals surface area contributed by atoms with E-state index in [1.54, 1.807) is 0 Å². The lowest BCUT2D eigenvalue weighted by Crippen LogP contribution is -2.39. The molecule has 19 heteroatoms. The molecule has 6 saturated carbocycles. The van der Waals surface area contributed by atoms with Gasteiger partial charge in [0.25, 0.3) is 0 Å². The normalized spacial score (nSPS) is 25.5. The Kier molecular flexibility index (Phi) is 83.9. The number of cyclic esters (lactones) is 2. The van der Waals surface area contributed by atoms with E-state index >= 15 is 0 Å². The molecule has 10 N–H and O–H groups in total. The first kappa shape index (κ1) is 104. The molecule has 91 heavy (non-hydrogen) atoms. The molecule has 19 nitrogen and oxygen atoms in total. The maximum absolute atomic E-state index is 11.1. The molecule has 3 aliphatic heterocycles. The molecule has 4 amide bonds. The molecule has 6 aliphatic carbocycles. The number of fused-ring (bicyclic) bond motifs is 3. The van der Waals surface area contributed by atoms with Crippen LogP contribution in [-0.4, -0.2) is 69.4 Å². The number of aliphatic imine (C=N–C) groups is 1. The van der Waals surface area contributed by atoms with Gasteiger partial charge in [0.1, 0.15) is 11.7 Å².